The normalized spacial score (nSPS) is 24.7. The van der Waals surface area contributed by atoms with Crippen LogP contribution < -0.4 is 0 Å². The van der Waals surface area contributed by atoms with Crippen molar-refractivity contribution in [2.75, 3.05) is 59.0 Å². The molecule has 2 fully saturated rings. The number of hydrogen-bond acceptors (Lipinski definition) is 5. The molecule has 0 aromatic heterocycles. The summed E-state index contributed by atoms with van der Waals surface area (Å²) < 4.78 is 0. The van der Waals surface area contributed by atoms with Gasteiger partial charge in [-0.1, -0.05) is 0 Å². The fraction of sp³-hybridized carbons (Fsp3) is 0.929. The third kappa shape index (κ3) is 4.53. The van der Waals surface area contributed by atoms with E-state index in [0.717, 1.165) is 45.8 Å². The lowest BCUT2D eigenvalue weighted by atomic mass is 10.0. The minimum Gasteiger partial charge on any atom is -0.395 e. The number of ketones is 1. The number of Topliss-reactive ketones (excluding diaryl/α,β-unsaturated/α-hetero) is 1. The molecule has 0 amide bonds. The van der Waals surface area contributed by atoms with Crippen molar-refractivity contribution in [1.29, 1.82) is 0 Å². The topological polar surface area (TPSA) is 47.0 Å². The number of likely N-dealkylation sites (tertiary alicyclic amines) is 1. The molecule has 19 heavy (non-hydrogen) atoms. The second-order valence-electron chi connectivity index (χ2n) is 5.81. The lowest BCUT2D eigenvalue weighted by Gasteiger charge is -2.42. The van der Waals surface area contributed by atoms with E-state index in [2.05, 4.69) is 14.7 Å². The highest BCUT2D eigenvalue weighted by molar-refractivity contribution is 5.77. The van der Waals surface area contributed by atoms with E-state index in [0.29, 0.717) is 12.6 Å². The molecule has 5 heteroatoms. The zero-order chi connectivity index (χ0) is 13.7. The lowest BCUT2D eigenvalue weighted by molar-refractivity contribution is -0.118. The highest BCUT2D eigenvalue weighted by atomic mass is 16.3. The second kappa shape index (κ2) is 7.33. The Kier molecular flexibility index (Phi) is 5.76. The minimum absolute atomic E-state index is 0.267. The molecule has 2 heterocycles. The fourth-order valence-corrected chi connectivity index (χ4v) is 3.25. The summed E-state index contributed by atoms with van der Waals surface area (Å²) in [4.78, 5) is 18.3. The summed E-state index contributed by atoms with van der Waals surface area (Å²) in [5.74, 6) is 0.274. The van der Waals surface area contributed by atoms with Gasteiger partial charge in [-0.25, -0.2) is 0 Å². The van der Waals surface area contributed by atoms with Crippen LogP contribution in [0.4, 0.5) is 0 Å². The maximum Gasteiger partial charge on any atom is 0.143 e. The average molecular weight is 269 g/mol. The van der Waals surface area contributed by atoms with E-state index in [1.165, 1.54) is 12.8 Å². The zero-order valence-electron chi connectivity index (χ0n) is 12.1. The van der Waals surface area contributed by atoms with Crippen molar-refractivity contribution in [3.8, 4) is 0 Å². The third-order valence-corrected chi connectivity index (χ3v) is 4.34. The summed E-state index contributed by atoms with van der Waals surface area (Å²) in [5, 5.41) is 8.95. The summed E-state index contributed by atoms with van der Waals surface area (Å²) in [5.41, 5.74) is 0. The zero-order valence-corrected chi connectivity index (χ0v) is 12.1. The maximum atomic E-state index is 11.1. The fourth-order valence-electron chi connectivity index (χ4n) is 3.25. The number of piperidine rings is 1. The molecular weight excluding hydrogens is 242 g/mol. The summed E-state index contributed by atoms with van der Waals surface area (Å²) in [7, 11) is 0. The quantitative estimate of drug-likeness (QED) is 0.739. The Morgan fingerprint density at radius 1 is 1.05 bits per heavy atom. The molecule has 0 radical (unpaired) electrons. The molecule has 0 unspecified atom stereocenters. The van der Waals surface area contributed by atoms with E-state index in [1.807, 2.05) is 0 Å². The summed E-state index contributed by atoms with van der Waals surface area (Å²) in [6.45, 7) is 9.89. The van der Waals surface area contributed by atoms with Gasteiger partial charge in [-0.3, -0.25) is 19.5 Å². The van der Waals surface area contributed by atoms with Crippen LogP contribution in [0.3, 0.4) is 0 Å². The average Bonchev–Trinajstić information content (AvgIpc) is 2.40. The van der Waals surface area contributed by atoms with Crippen LogP contribution in [0.5, 0.6) is 0 Å². The van der Waals surface area contributed by atoms with E-state index >= 15 is 0 Å². The van der Waals surface area contributed by atoms with Gasteiger partial charge in [0.25, 0.3) is 0 Å². The van der Waals surface area contributed by atoms with Crippen LogP contribution in [0.15, 0.2) is 0 Å². The van der Waals surface area contributed by atoms with Crippen molar-refractivity contribution < 1.29 is 9.90 Å². The molecular formula is C14H27N3O2. The number of β-amino-alcohol motifs (C(OH)–C–C–N with tert-alkyl or cyclic N) is 1. The Balaban J connectivity index is 1.69. The van der Waals surface area contributed by atoms with Gasteiger partial charge in [-0.05, 0) is 19.8 Å². The maximum absolute atomic E-state index is 11.1. The van der Waals surface area contributed by atoms with Crippen LogP contribution in [0, 0.1) is 0 Å². The van der Waals surface area contributed by atoms with Gasteiger partial charge in [-0.15, -0.1) is 0 Å². The summed E-state index contributed by atoms with van der Waals surface area (Å²) >= 11 is 0. The van der Waals surface area contributed by atoms with Gasteiger partial charge in [-0.2, -0.15) is 0 Å². The molecule has 0 aromatic rings. The van der Waals surface area contributed by atoms with Gasteiger partial charge in [0.15, 0.2) is 0 Å². The first-order chi connectivity index (χ1) is 9.19. The summed E-state index contributed by atoms with van der Waals surface area (Å²) in [6.07, 6.45) is 2.38. The number of nitrogens with zero attached hydrogens (tertiary/aromatic N) is 3. The standard InChI is InChI=1S/C14H27N3O2/c1-13(19)12-16-4-2-14(3-5-16)17-8-6-15(7-9-17)10-11-18/h14,18H,2-12H2,1H3. The molecule has 0 spiro atoms. The van der Waals surface area contributed by atoms with Crippen molar-refractivity contribution in [1.82, 2.24) is 14.7 Å². The van der Waals surface area contributed by atoms with Gasteiger partial charge in [0.2, 0.25) is 0 Å². The highest BCUT2D eigenvalue weighted by Crippen LogP contribution is 2.18. The van der Waals surface area contributed by atoms with Crippen molar-refractivity contribution >= 4 is 5.78 Å². The van der Waals surface area contributed by atoms with Crippen molar-refractivity contribution in [3.63, 3.8) is 0 Å². The SMILES string of the molecule is CC(=O)CN1CCC(N2CCN(CCO)CC2)CC1. The molecule has 1 N–H and O–H groups in total. The van der Waals surface area contributed by atoms with Crippen LogP contribution >= 0.6 is 0 Å². The number of carbonyl (C=O) groups excluding carboxylic acids is 1. The predicted octanol–water partition coefficient (Wildman–Crippen LogP) is -0.350. The molecule has 2 saturated heterocycles. The largest absolute Gasteiger partial charge is 0.395 e. The minimum atomic E-state index is 0.267. The molecule has 0 atom stereocenters. The van der Waals surface area contributed by atoms with Crippen LogP contribution in [0.2, 0.25) is 0 Å². The van der Waals surface area contributed by atoms with Gasteiger partial charge in [0.05, 0.1) is 13.2 Å². The van der Waals surface area contributed by atoms with E-state index in [1.54, 1.807) is 6.92 Å². The van der Waals surface area contributed by atoms with E-state index in [9.17, 15) is 4.79 Å². The second-order valence-corrected chi connectivity index (χ2v) is 5.81. The van der Waals surface area contributed by atoms with E-state index in [-0.39, 0.29) is 12.4 Å². The Bertz CT molecular complexity index is 282. The van der Waals surface area contributed by atoms with Gasteiger partial charge >= 0.3 is 0 Å². The Morgan fingerprint density at radius 2 is 1.68 bits per heavy atom. The van der Waals surface area contributed by atoms with Crippen molar-refractivity contribution in [2.24, 2.45) is 0 Å². The monoisotopic (exact) mass is 269 g/mol. The van der Waals surface area contributed by atoms with Gasteiger partial charge < -0.3 is 5.11 Å². The molecule has 5 nitrogen and oxygen atoms in total. The Labute approximate surface area is 116 Å². The molecule has 0 aliphatic carbocycles. The lowest BCUT2D eigenvalue weighted by Crippen LogP contribution is -2.53. The molecule has 2 aliphatic heterocycles. The Hall–Kier alpha value is -0.490. The number of rotatable bonds is 5. The van der Waals surface area contributed by atoms with Crippen LogP contribution in [-0.4, -0.2) is 90.6 Å². The van der Waals surface area contributed by atoms with Crippen LogP contribution in [0.25, 0.3) is 0 Å². The molecule has 0 bridgehead atoms. The van der Waals surface area contributed by atoms with Crippen molar-refractivity contribution in [3.05, 3.63) is 0 Å². The number of piperazine rings is 1. The summed E-state index contributed by atoms with van der Waals surface area (Å²) in [6, 6.07) is 0.694. The van der Waals surface area contributed by atoms with Crippen LogP contribution in [0.1, 0.15) is 19.8 Å². The van der Waals surface area contributed by atoms with Crippen LogP contribution in [-0.2, 0) is 4.79 Å². The van der Waals surface area contributed by atoms with E-state index < -0.39 is 0 Å². The highest BCUT2D eigenvalue weighted by Gasteiger charge is 2.27. The number of aliphatic hydroxyl groups excluding tert-OH is 1. The van der Waals surface area contributed by atoms with Gasteiger partial charge in [0.1, 0.15) is 5.78 Å². The predicted molar refractivity (Wildman–Crippen MR) is 75.2 cm³/mol. The Morgan fingerprint density at radius 3 is 2.21 bits per heavy atom. The number of aliphatic hydroxyl groups is 1. The molecule has 2 rings (SSSR count). The van der Waals surface area contributed by atoms with Crippen molar-refractivity contribution in [2.45, 2.75) is 25.8 Å². The van der Waals surface area contributed by atoms with Gasteiger partial charge in [0, 0.05) is 51.9 Å². The first-order valence-electron chi connectivity index (χ1n) is 7.48. The van der Waals surface area contributed by atoms with E-state index in [4.69, 9.17) is 5.11 Å². The smallest absolute Gasteiger partial charge is 0.143 e. The first kappa shape index (κ1) is 14.9. The third-order valence-electron chi connectivity index (χ3n) is 4.34. The first-order valence-corrected chi connectivity index (χ1v) is 7.48. The molecule has 2 aliphatic rings. The molecule has 0 aromatic carbocycles. The number of hydrogen-bond donors (Lipinski definition) is 1. The molecule has 0 saturated carbocycles. The molecule has 110 valence electrons. The number of carbonyl (C=O) groups is 1.